The van der Waals surface area contributed by atoms with Gasteiger partial charge in [0.25, 0.3) is 0 Å². The molecule has 0 unspecified atom stereocenters. The van der Waals surface area contributed by atoms with E-state index in [4.69, 9.17) is 10.9 Å². The molecule has 17 heavy (non-hydrogen) atoms. The van der Waals surface area contributed by atoms with Gasteiger partial charge in [0.05, 0.1) is 0 Å². The van der Waals surface area contributed by atoms with Crippen molar-refractivity contribution in [2.75, 3.05) is 18.6 Å². The lowest BCUT2D eigenvalue weighted by Crippen LogP contribution is -2.22. The molecule has 0 saturated heterocycles. The SMILES string of the molecule is CSCCCNCc1cccnc1C(N)=NO. The van der Waals surface area contributed by atoms with E-state index < -0.39 is 0 Å². The van der Waals surface area contributed by atoms with Crippen LogP contribution in [0.25, 0.3) is 0 Å². The third kappa shape index (κ3) is 4.62. The smallest absolute Gasteiger partial charge is 0.189 e. The summed E-state index contributed by atoms with van der Waals surface area (Å²) in [5, 5.41) is 14.9. The summed E-state index contributed by atoms with van der Waals surface area (Å²) < 4.78 is 0. The summed E-state index contributed by atoms with van der Waals surface area (Å²) in [6.45, 7) is 1.62. The number of thioether (sulfide) groups is 1. The van der Waals surface area contributed by atoms with E-state index in [1.807, 2.05) is 23.9 Å². The van der Waals surface area contributed by atoms with Crippen molar-refractivity contribution in [3.8, 4) is 0 Å². The second kappa shape index (κ2) is 7.92. The molecule has 0 aliphatic rings. The van der Waals surface area contributed by atoms with Crippen molar-refractivity contribution < 1.29 is 5.21 Å². The highest BCUT2D eigenvalue weighted by molar-refractivity contribution is 7.98. The van der Waals surface area contributed by atoms with Crippen molar-refractivity contribution in [3.05, 3.63) is 29.6 Å². The lowest BCUT2D eigenvalue weighted by Gasteiger charge is -2.08. The van der Waals surface area contributed by atoms with Gasteiger partial charge in [-0.3, -0.25) is 4.98 Å². The van der Waals surface area contributed by atoms with Crippen LogP contribution < -0.4 is 11.1 Å². The van der Waals surface area contributed by atoms with Crippen molar-refractivity contribution in [2.24, 2.45) is 10.9 Å². The number of pyridine rings is 1. The predicted molar refractivity (Wildman–Crippen MR) is 71.5 cm³/mol. The predicted octanol–water partition coefficient (Wildman–Crippen LogP) is 1.02. The summed E-state index contributed by atoms with van der Waals surface area (Å²) in [5.74, 6) is 1.19. The fraction of sp³-hybridized carbons (Fsp3) is 0.455. The Balaban J connectivity index is 2.53. The molecule has 0 atom stereocenters. The lowest BCUT2D eigenvalue weighted by molar-refractivity contribution is 0.318. The van der Waals surface area contributed by atoms with Crippen LogP contribution in [0.3, 0.4) is 0 Å². The summed E-state index contributed by atoms with van der Waals surface area (Å²) in [5.41, 5.74) is 7.02. The van der Waals surface area contributed by atoms with E-state index in [2.05, 4.69) is 21.7 Å². The maximum absolute atomic E-state index is 8.65. The quantitative estimate of drug-likeness (QED) is 0.222. The molecule has 0 amide bonds. The van der Waals surface area contributed by atoms with Gasteiger partial charge in [-0.25, -0.2) is 0 Å². The summed E-state index contributed by atoms with van der Waals surface area (Å²) in [4.78, 5) is 4.10. The summed E-state index contributed by atoms with van der Waals surface area (Å²) in [6.07, 6.45) is 4.85. The highest BCUT2D eigenvalue weighted by Gasteiger charge is 2.07. The second-order valence-corrected chi connectivity index (χ2v) is 4.51. The molecular weight excluding hydrogens is 236 g/mol. The van der Waals surface area contributed by atoms with Gasteiger partial charge in [-0.1, -0.05) is 11.2 Å². The fourth-order valence-electron chi connectivity index (χ4n) is 1.42. The average Bonchev–Trinajstić information content (AvgIpc) is 2.38. The average molecular weight is 254 g/mol. The fourth-order valence-corrected chi connectivity index (χ4v) is 1.86. The van der Waals surface area contributed by atoms with Crippen LogP contribution in [0.2, 0.25) is 0 Å². The molecule has 0 radical (unpaired) electrons. The summed E-state index contributed by atoms with van der Waals surface area (Å²) in [6, 6.07) is 3.76. The molecule has 1 rings (SSSR count). The molecule has 1 heterocycles. The second-order valence-electron chi connectivity index (χ2n) is 3.52. The van der Waals surface area contributed by atoms with Crippen LogP contribution in [-0.2, 0) is 6.54 Å². The first-order valence-electron chi connectivity index (χ1n) is 5.41. The van der Waals surface area contributed by atoms with Crippen LogP contribution >= 0.6 is 11.8 Å². The lowest BCUT2D eigenvalue weighted by atomic mass is 10.2. The zero-order chi connectivity index (χ0) is 12.5. The Labute approximate surface area is 105 Å². The van der Waals surface area contributed by atoms with Crippen molar-refractivity contribution >= 4 is 17.6 Å². The van der Waals surface area contributed by atoms with Gasteiger partial charge < -0.3 is 16.3 Å². The topological polar surface area (TPSA) is 83.5 Å². The molecular formula is C11H18N4OS. The minimum absolute atomic E-state index is 0.0477. The van der Waals surface area contributed by atoms with Gasteiger partial charge in [-0.15, -0.1) is 0 Å². The van der Waals surface area contributed by atoms with Gasteiger partial charge in [-0.05, 0) is 36.6 Å². The maximum atomic E-state index is 8.65. The molecule has 0 aliphatic carbocycles. The number of oxime groups is 1. The molecule has 0 fully saturated rings. The van der Waals surface area contributed by atoms with E-state index in [0.29, 0.717) is 12.2 Å². The largest absolute Gasteiger partial charge is 0.409 e. The van der Waals surface area contributed by atoms with E-state index in [9.17, 15) is 0 Å². The highest BCUT2D eigenvalue weighted by atomic mass is 32.2. The molecule has 1 aromatic rings. The molecule has 0 bridgehead atoms. The Morgan fingerprint density at radius 3 is 3.18 bits per heavy atom. The molecule has 4 N–H and O–H groups in total. The molecule has 6 heteroatoms. The Hall–Kier alpha value is -1.27. The first-order chi connectivity index (χ1) is 8.29. The number of amidine groups is 1. The van der Waals surface area contributed by atoms with Crippen molar-refractivity contribution in [1.29, 1.82) is 0 Å². The monoisotopic (exact) mass is 254 g/mol. The summed E-state index contributed by atoms with van der Waals surface area (Å²) in [7, 11) is 0. The van der Waals surface area contributed by atoms with E-state index in [0.717, 1.165) is 24.3 Å². The van der Waals surface area contributed by atoms with Gasteiger partial charge >= 0.3 is 0 Å². The standard InChI is InChI=1S/C11H18N4OS/c1-17-7-3-5-13-8-9-4-2-6-14-10(9)11(12)15-16/h2,4,6,13,16H,3,5,7-8H2,1H3,(H2,12,15). The van der Waals surface area contributed by atoms with Crippen LogP contribution in [0.15, 0.2) is 23.5 Å². The van der Waals surface area contributed by atoms with Gasteiger partial charge in [0.15, 0.2) is 5.84 Å². The van der Waals surface area contributed by atoms with Gasteiger partial charge in [0.1, 0.15) is 5.69 Å². The third-order valence-corrected chi connectivity index (χ3v) is 2.96. The molecule has 0 aliphatic heterocycles. The van der Waals surface area contributed by atoms with Crippen LogP contribution in [0, 0.1) is 0 Å². The molecule has 1 aromatic heterocycles. The number of aromatic nitrogens is 1. The highest BCUT2D eigenvalue weighted by Crippen LogP contribution is 2.04. The Bertz CT molecular complexity index is 370. The van der Waals surface area contributed by atoms with Gasteiger partial charge in [0, 0.05) is 12.7 Å². The molecule has 0 aromatic carbocycles. The molecule has 0 spiro atoms. The number of hydrogen-bond donors (Lipinski definition) is 3. The van der Waals surface area contributed by atoms with E-state index in [1.54, 1.807) is 6.20 Å². The van der Waals surface area contributed by atoms with Gasteiger partial charge in [-0.2, -0.15) is 11.8 Å². The number of hydrogen-bond acceptors (Lipinski definition) is 5. The number of nitrogens with one attached hydrogen (secondary N) is 1. The van der Waals surface area contributed by atoms with Crippen molar-refractivity contribution in [2.45, 2.75) is 13.0 Å². The van der Waals surface area contributed by atoms with Crippen LogP contribution in [0.4, 0.5) is 0 Å². The Kier molecular flexibility index (Phi) is 6.42. The van der Waals surface area contributed by atoms with Crippen LogP contribution in [0.1, 0.15) is 17.7 Å². The molecule has 0 saturated carbocycles. The molecule has 5 nitrogen and oxygen atoms in total. The normalized spacial score (nSPS) is 11.7. The number of nitrogens with zero attached hydrogens (tertiary/aromatic N) is 2. The van der Waals surface area contributed by atoms with E-state index in [1.165, 1.54) is 0 Å². The van der Waals surface area contributed by atoms with Crippen molar-refractivity contribution in [1.82, 2.24) is 10.3 Å². The van der Waals surface area contributed by atoms with Crippen LogP contribution in [-0.4, -0.2) is 34.6 Å². The first-order valence-corrected chi connectivity index (χ1v) is 6.80. The zero-order valence-electron chi connectivity index (χ0n) is 9.89. The number of rotatable bonds is 7. The van der Waals surface area contributed by atoms with Crippen molar-refractivity contribution in [3.63, 3.8) is 0 Å². The Morgan fingerprint density at radius 1 is 1.65 bits per heavy atom. The Morgan fingerprint density at radius 2 is 2.47 bits per heavy atom. The number of nitrogens with two attached hydrogens (primary N) is 1. The summed E-state index contributed by atoms with van der Waals surface area (Å²) >= 11 is 1.84. The minimum Gasteiger partial charge on any atom is -0.409 e. The minimum atomic E-state index is 0.0477. The van der Waals surface area contributed by atoms with Crippen LogP contribution in [0.5, 0.6) is 0 Å². The molecule has 94 valence electrons. The van der Waals surface area contributed by atoms with Gasteiger partial charge in [0.2, 0.25) is 0 Å². The van der Waals surface area contributed by atoms with E-state index >= 15 is 0 Å². The first kappa shape index (κ1) is 13.8. The third-order valence-electron chi connectivity index (χ3n) is 2.26. The van der Waals surface area contributed by atoms with E-state index in [-0.39, 0.29) is 5.84 Å². The maximum Gasteiger partial charge on any atom is 0.189 e. The zero-order valence-corrected chi connectivity index (χ0v) is 10.7.